The lowest BCUT2D eigenvalue weighted by atomic mass is 9.89. The molecule has 4 rings (SSSR count). The summed E-state index contributed by atoms with van der Waals surface area (Å²) in [7, 11) is 0. The molecule has 0 amide bonds. The molecular weight excluding hydrogens is 400 g/mol. The quantitative estimate of drug-likeness (QED) is 0.181. The molecule has 2 aromatic heterocycles. The molecule has 0 saturated carbocycles. The van der Waals surface area contributed by atoms with Crippen molar-refractivity contribution >= 4 is 17.1 Å². The summed E-state index contributed by atoms with van der Waals surface area (Å²) in [5.41, 5.74) is -0.409. The number of aromatic nitrogens is 4. The van der Waals surface area contributed by atoms with E-state index in [0.29, 0.717) is 5.56 Å². The van der Waals surface area contributed by atoms with Crippen LogP contribution in [0.25, 0.3) is 11.2 Å². The predicted molar refractivity (Wildman–Crippen MR) is 101 cm³/mol. The number of rotatable bonds is 5. The molecule has 13 heteroatoms. The minimum atomic E-state index is -3.12. The average molecular weight is 418 g/mol. The highest BCUT2D eigenvalue weighted by Crippen LogP contribution is 2.47. The molecule has 0 spiro atoms. The molecule has 3 aromatic rings. The fourth-order valence-corrected chi connectivity index (χ4v) is 3.83. The van der Waals surface area contributed by atoms with E-state index in [-0.39, 0.29) is 23.5 Å². The molecule has 30 heavy (non-hydrogen) atoms. The Labute approximate surface area is 167 Å². The number of nitrogens with two attached hydrogens (primary N) is 1. The summed E-state index contributed by atoms with van der Waals surface area (Å²) in [6, 6.07) is 8.35. The van der Waals surface area contributed by atoms with Gasteiger partial charge in [-0.3, -0.25) is 24.5 Å². The number of nitrogens with zero attached hydrogens (tertiary/aromatic N) is 4. The number of fused-ring (bicyclic) bond motifs is 1. The number of nitrogen functional groups attached to an aromatic ring is 1. The molecule has 0 aliphatic carbocycles. The highest BCUT2D eigenvalue weighted by Gasteiger charge is 2.76. The number of aromatic amines is 1. The van der Waals surface area contributed by atoms with E-state index in [4.69, 9.17) is 10.5 Å². The molecule has 3 heterocycles. The standard InChI is InChI=1S/C17H18N6O7/c18-15-20-13-11(14(26)21-15)19-8-22(13)16(6-9-4-2-1-3-5-9)17(27,23(28)29)12(25)10(7-24)30-16/h1-5,8,10,12,24-25,27H,6-7H2,(H3,18,20,21,26)/t10-,12-,16-,17-/m1/s1. The Morgan fingerprint density at radius 2 is 2.07 bits per heavy atom. The summed E-state index contributed by atoms with van der Waals surface area (Å²) in [6.07, 6.45) is -2.88. The van der Waals surface area contributed by atoms with E-state index in [1.807, 2.05) is 0 Å². The molecule has 13 nitrogen and oxygen atoms in total. The molecule has 0 unspecified atom stereocenters. The minimum absolute atomic E-state index is 0.196. The van der Waals surface area contributed by atoms with Crippen LogP contribution in [0.3, 0.4) is 0 Å². The van der Waals surface area contributed by atoms with Gasteiger partial charge in [0.05, 0.1) is 17.9 Å². The van der Waals surface area contributed by atoms with Gasteiger partial charge in [0.25, 0.3) is 11.3 Å². The molecular formula is C17H18N6O7. The van der Waals surface area contributed by atoms with Gasteiger partial charge < -0.3 is 25.8 Å². The number of aliphatic hydroxyl groups is 3. The van der Waals surface area contributed by atoms with Crippen molar-refractivity contribution in [2.24, 2.45) is 0 Å². The summed E-state index contributed by atoms with van der Waals surface area (Å²) < 4.78 is 6.76. The van der Waals surface area contributed by atoms with Gasteiger partial charge in [-0.1, -0.05) is 30.3 Å². The number of anilines is 1. The zero-order valence-electron chi connectivity index (χ0n) is 15.4. The Hall–Kier alpha value is -3.39. The van der Waals surface area contributed by atoms with Crippen LogP contribution in [0.15, 0.2) is 41.5 Å². The Kier molecular flexibility index (Phi) is 4.54. The molecule has 0 radical (unpaired) electrons. The second kappa shape index (κ2) is 6.84. The van der Waals surface area contributed by atoms with Crippen LogP contribution in [0.1, 0.15) is 5.56 Å². The van der Waals surface area contributed by atoms with Crippen molar-refractivity contribution in [3.63, 3.8) is 0 Å². The molecule has 158 valence electrons. The maximum Gasteiger partial charge on any atom is 0.399 e. The van der Waals surface area contributed by atoms with Crippen LogP contribution in [0, 0.1) is 10.1 Å². The first-order valence-corrected chi connectivity index (χ1v) is 8.85. The smallest absolute Gasteiger partial charge is 0.394 e. The number of hydrogen-bond donors (Lipinski definition) is 5. The third-order valence-electron chi connectivity index (χ3n) is 5.25. The van der Waals surface area contributed by atoms with E-state index in [2.05, 4.69) is 15.0 Å². The van der Waals surface area contributed by atoms with Crippen LogP contribution in [-0.2, 0) is 16.9 Å². The predicted octanol–water partition coefficient (Wildman–Crippen LogP) is -1.69. The minimum Gasteiger partial charge on any atom is -0.394 e. The van der Waals surface area contributed by atoms with E-state index < -0.39 is 40.7 Å². The topological polar surface area (TPSA) is 203 Å². The van der Waals surface area contributed by atoms with Crippen LogP contribution in [0.4, 0.5) is 5.95 Å². The van der Waals surface area contributed by atoms with E-state index in [9.17, 15) is 30.2 Å². The Balaban J connectivity index is 2.05. The highest BCUT2D eigenvalue weighted by atomic mass is 16.7. The second-order valence-corrected chi connectivity index (χ2v) is 6.95. The van der Waals surface area contributed by atoms with Crippen LogP contribution in [-0.4, -0.2) is 64.3 Å². The maximum atomic E-state index is 12.2. The number of nitrogens with one attached hydrogen (secondary N) is 1. The summed E-state index contributed by atoms with van der Waals surface area (Å²) in [5, 5.41) is 43.4. The fraction of sp³-hybridized carbons (Fsp3) is 0.353. The van der Waals surface area contributed by atoms with E-state index >= 15 is 0 Å². The van der Waals surface area contributed by atoms with Crippen LogP contribution >= 0.6 is 0 Å². The van der Waals surface area contributed by atoms with Crippen molar-refractivity contribution in [1.82, 2.24) is 19.5 Å². The number of benzene rings is 1. The Bertz CT molecular complexity index is 1160. The van der Waals surface area contributed by atoms with E-state index in [1.54, 1.807) is 30.3 Å². The van der Waals surface area contributed by atoms with Gasteiger partial charge in [-0.15, -0.1) is 0 Å². The van der Waals surface area contributed by atoms with Crippen LogP contribution < -0.4 is 11.3 Å². The number of H-pyrrole nitrogens is 1. The number of ether oxygens (including phenoxy) is 1. The Morgan fingerprint density at radius 1 is 1.37 bits per heavy atom. The SMILES string of the molecule is Nc1nc2c(ncn2[C@]2(Cc3ccccc3)O[C@H](CO)[C@@H](O)[C@]2(O)[N+](=O)[O-])c(=O)[nH]1. The zero-order chi connectivity index (χ0) is 21.7. The van der Waals surface area contributed by atoms with Gasteiger partial charge in [0.1, 0.15) is 6.10 Å². The molecule has 0 bridgehead atoms. The number of hydrogen-bond acceptors (Lipinski definition) is 10. The van der Waals surface area contributed by atoms with Gasteiger partial charge in [0.15, 0.2) is 17.3 Å². The third-order valence-corrected chi connectivity index (χ3v) is 5.25. The van der Waals surface area contributed by atoms with Crippen molar-refractivity contribution in [2.45, 2.75) is 30.1 Å². The summed E-state index contributed by atoms with van der Waals surface area (Å²) in [6.45, 7) is -0.809. The van der Waals surface area contributed by atoms with Crippen molar-refractivity contribution < 1.29 is 25.0 Å². The Morgan fingerprint density at radius 3 is 2.70 bits per heavy atom. The second-order valence-electron chi connectivity index (χ2n) is 6.95. The summed E-state index contributed by atoms with van der Waals surface area (Å²) in [4.78, 5) is 33.3. The molecule has 4 atom stereocenters. The highest BCUT2D eigenvalue weighted by molar-refractivity contribution is 5.71. The average Bonchev–Trinajstić information content (AvgIpc) is 3.23. The van der Waals surface area contributed by atoms with Crippen molar-refractivity contribution in [3.8, 4) is 0 Å². The molecule has 1 saturated heterocycles. The fourth-order valence-electron chi connectivity index (χ4n) is 3.83. The van der Waals surface area contributed by atoms with Crippen LogP contribution in [0.5, 0.6) is 0 Å². The first-order valence-electron chi connectivity index (χ1n) is 8.85. The first kappa shape index (κ1) is 19.9. The lowest BCUT2D eigenvalue weighted by molar-refractivity contribution is -0.659. The molecule has 1 aliphatic heterocycles. The van der Waals surface area contributed by atoms with Gasteiger partial charge in [-0.25, -0.2) is 4.98 Å². The van der Waals surface area contributed by atoms with Gasteiger partial charge in [0.2, 0.25) is 5.95 Å². The van der Waals surface area contributed by atoms with E-state index in [1.165, 1.54) is 0 Å². The van der Waals surface area contributed by atoms with E-state index in [0.717, 1.165) is 10.9 Å². The van der Waals surface area contributed by atoms with Crippen molar-refractivity contribution in [1.29, 1.82) is 0 Å². The normalized spacial score (nSPS) is 28.8. The monoisotopic (exact) mass is 418 g/mol. The lowest BCUT2D eigenvalue weighted by Crippen LogP contribution is -2.63. The number of imidazole rings is 1. The largest absolute Gasteiger partial charge is 0.399 e. The molecule has 1 fully saturated rings. The number of aliphatic hydroxyl groups excluding tert-OH is 2. The first-order chi connectivity index (χ1) is 14.2. The van der Waals surface area contributed by atoms with Crippen molar-refractivity contribution in [3.05, 3.63) is 62.7 Å². The molecule has 1 aromatic carbocycles. The maximum absolute atomic E-state index is 12.2. The summed E-state index contributed by atoms with van der Waals surface area (Å²) in [5.74, 6) is -0.286. The molecule has 1 aliphatic rings. The lowest BCUT2D eigenvalue weighted by Gasteiger charge is -2.36. The van der Waals surface area contributed by atoms with Gasteiger partial charge >= 0.3 is 5.72 Å². The van der Waals surface area contributed by atoms with Gasteiger partial charge in [-0.2, -0.15) is 4.98 Å². The van der Waals surface area contributed by atoms with Crippen molar-refractivity contribution in [2.75, 3.05) is 12.3 Å². The zero-order valence-corrected chi connectivity index (χ0v) is 15.4. The molecule has 6 N–H and O–H groups in total. The van der Waals surface area contributed by atoms with Gasteiger partial charge in [-0.05, 0) is 5.56 Å². The van der Waals surface area contributed by atoms with Gasteiger partial charge in [0, 0.05) is 6.42 Å². The summed E-state index contributed by atoms with van der Waals surface area (Å²) >= 11 is 0. The van der Waals surface area contributed by atoms with Crippen LogP contribution in [0.2, 0.25) is 0 Å². The number of nitro groups is 1. The third kappa shape index (κ3) is 2.60.